The van der Waals surface area contributed by atoms with Crippen molar-refractivity contribution >= 4 is 17.5 Å². The van der Waals surface area contributed by atoms with Crippen LogP contribution in [0.15, 0.2) is 18.2 Å². The van der Waals surface area contributed by atoms with E-state index in [4.69, 9.17) is 0 Å². The number of hydrogen-bond acceptors (Lipinski definition) is 2. The third kappa shape index (κ3) is 3.49. The Morgan fingerprint density at radius 1 is 1.27 bits per heavy atom. The molecule has 1 unspecified atom stereocenters. The molecule has 2 amide bonds. The van der Waals surface area contributed by atoms with E-state index in [2.05, 4.69) is 19.2 Å². The lowest BCUT2D eigenvalue weighted by atomic mass is 10.1. The number of carbonyl (C=O) groups excluding carboxylic acids is 2. The van der Waals surface area contributed by atoms with Crippen molar-refractivity contribution in [1.82, 2.24) is 4.90 Å². The predicted octanol–water partition coefficient (Wildman–Crippen LogP) is 3.28. The van der Waals surface area contributed by atoms with Crippen LogP contribution >= 0.6 is 0 Å². The fourth-order valence-corrected chi connectivity index (χ4v) is 3.05. The van der Waals surface area contributed by atoms with Crippen LogP contribution in [0.1, 0.15) is 44.2 Å². The summed E-state index contributed by atoms with van der Waals surface area (Å²) in [4.78, 5) is 26.4. The summed E-state index contributed by atoms with van der Waals surface area (Å²) in [5, 5.41) is 2.95. The van der Waals surface area contributed by atoms with Crippen LogP contribution < -0.4 is 5.32 Å². The van der Waals surface area contributed by atoms with Gasteiger partial charge in [-0.3, -0.25) is 9.59 Å². The number of anilines is 1. The minimum atomic E-state index is -0.241. The first-order valence-corrected chi connectivity index (χ1v) is 8.13. The molecule has 2 rings (SSSR count). The van der Waals surface area contributed by atoms with E-state index in [-0.39, 0.29) is 23.8 Å². The number of carbonyl (C=O) groups is 2. The molecule has 0 saturated carbocycles. The molecule has 0 aromatic heterocycles. The highest BCUT2D eigenvalue weighted by molar-refractivity contribution is 5.97. The average Bonchev–Trinajstić information content (AvgIpc) is 2.87. The summed E-state index contributed by atoms with van der Waals surface area (Å²) >= 11 is 0. The van der Waals surface area contributed by atoms with E-state index < -0.39 is 0 Å². The average molecular weight is 302 g/mol. The summed E-state index contributed by atoms with van der Waals surface area (Å²) in [6, 6.07) is 6.14. The van der Waals surface area contributed by atoms with Crippen molar-refractivity contribution in [3.8, 4) is 0 Å². The zero-order valence-corrected chi connectivity index (χ0v) is 14.0. The molecular weight excluding hydrogens is 276 g/mol. The van der Waals surface area contributed by atoms with Crippen LogP contribution in [0.3, 0.4) is 0 Å². The monoisotopic (exact) mass is 302 g/mol. The Morgan fingerprint density at radius 2 is 1.95 bits per heavy atom. The van der Waals surface area contributed by atoms with Gasteiger partial charge in [0.1, 0.15) is 0 Å². The van der Waals surface area contributed by atoms with E-state index in [0.29, 0.717) is 13.0 Å². The Labute approximate surface area is 132 Å². The van der Waals surface area contributed by atoms with Gasteiger partial charge < -0.3 is 10.2 Å². The number of amides is 2. The number of nitrogens with zero attached hydrogens (tertiary/aromatic N) is 1. The Balaban J connectivity index is 2.02. The summed E-state index contributed by atoms with van der Waals surface area (Å²) in [5.74, 6) is -0.186. The lowest BCUT2D eigenvalue weighted by molar-refractivity contribution is -0.130. The molecule has 120 valence electrons. The quantitative estimate of drug-likeness (QED) is 0.907. The fourth-order valence-electron chi connectivity index (χ4n) is 3.05. The fraction of sp³-hybridized carbons (Fsp3) is 0.556. The van der Waals surface area contributed by atoms with Crippen LogP contribution in [0.25, 0.3) is 0 Å². The van der Waals surface area contributed by atoms with Gasteiger partial charge in [-0.1, -0.05) is 19.9 Å². The highest BCUT2D eigenvalue weighted by atomic mass is 16.2. The van der Waals surface area contributed by atoms with Gasteiger partial charge in [0.25, 0.3) is 0 Å². The third-order valence-electron chi connectivity index (χ3n) is 4.69. The smallest absolute Gasteiger partial charge is 0.229 e. The van der Waals surface area contributed by atoms with Gasteiger partial charge in [0, 0.05) is 24.7 Å². The second-order valence-electron chi connectivity index (χ2n) is 6.21. The minimum absolute atomic E-state index is 0.0509. The molecule has 22 heavy (non-hydrogen) atoms. The summed E-state index contributed by atoms with van der Waals surface area (Å²) in [6.07, 6.45) is 2.20. The molecule has 0 spiro atoms. The van der Waals surface area contributed by atoms with Gasteiger partial charge in [0.05, 0.1) is 5.92 Å². The van der Waals surface area contributed by atoms with E-state index in [1.54, 1.807) is 0 Å². The van der Waals surface area contributed by atoms with Crippen molar-refractivity contribution in [2.45, 2.75) is 53.0 Å². The minimum Gasteiger partial charge on any atom is -0.339 e. The topological polar surface area (TPSA) is 49.4 Å². The van der Waals surface area contributed by atoms with E-state index in [1.807, 2.05) is 36.9 Å². The number of likely N-dealkylation sites (tertiary alicyclic amines) is 1. The second-order valence-corrected chi connectivity index (χ2v) is 6.21. The highest BCUT2D eigenvalue weighted by Gasteiger charge is 2.36. The maximum Gasteiger partial charge on any atom is 0.229 e. The highest BCUT2D eigenvalue weighted by Crippen LogP contribution is 2.24. The number of hydrogen-bond donors (Lipinski definition) is 1. The Morgan fingerprint density at radius 3 is 2.55 bits per heavy atom. The summed E-state index contributed by atoms with van der Waals surface area (Å²) in [6.45, 7) is 8.79. The second kappa shape index (κ2) is 6.95. The molecule has 1 atom stereocenters. The zero-order valence-electron chi connectivity index (χ0n) is 14.0. The first-order chi connectivity index (χ1) is 10.5. The number of benzene rings is 1. The van der Waals surface area contributed by atoms with Crippen molar-refractivity contribution < 1.29 is 9.59 Å². The molecule has 0 aliphatic carbocycles. The summed E-state index contributed by atoms with van der Waals surface area (Å²) in [5.41, 5.74) is 3.16. The van der Waals surface area contributed by atoms with Gasteiger partial charge >= 0.3 is 0 Å². The Bertz CT molecular complexity index is 564. The molecule has 4 nitrogen and oxygen atoms in total. The van der Waals surface area contributed by atoms with E-state index in [1.165, 1.54) is 5.56 Å². The van der Waals surface area contributed by atoms with Gasteiger partial charge in [0.15, 0.2) is 0 Å². The van der Waals surface area contributed by atoms with Crippen molar-refractivity contribution in [2.75, 3.05) is 11.9 Å². The van der Waals surface area contributed by atoms with E-state index in [0.717, 1.165) is 24.1 Å². The van der Waals surface area contributed by atoms with Gasteiger partial charge in [0.2, 0.25) is 11.8 Å². The molecule has 1 heterocycles. The predicted molar refractivity (Wildman–Crippen MR) is 88.7 cm³/mol. The maximum atomic E-state index is 12.4. The van der Waals surface area contributed by atoms with Crippen LogP contribution in [-0.4, -0.2) is 29.3 Å². The molecule has 0 bridgehead atoms. The number of aryl methyl sites for hydroxylation is 2. The zero-order chi connectivity index (χ0) is 16.3. The number of nitrogens with one attached hydrogen (secondary N) is 1. The maximum absolute atomic E-state index is 12.4. The van der Waals surface area contributed by atoms with Gasteiger partial charge in [-0.05, 0) is 49.9 Å². The van der Waals surface area contributed by atoms with Crippen molar-refractivity contribution in [1.29, 1.82) is 0 Å². The largest absolute Gasteiger partial charge is 0.339 e. The molecule has 1 N–H and O–H groups in total. The molecule has 4 heteroatoms. The molecule has 0 radical (unpaired) electrons. The molecule has 1 aliphatic rings. The molecule has 1 aromatic carbocycles. The van der Waals surface area contributed by atoms with Crippen molar-refractivity contribution in [3.63, 3.8) is 0 Å². The Kier molecular flexibility index (Phi) is 5.22. The number of rotatable bonds is 5. The standard InChI is InChI=1S/C18H26N2O2/c1-5-16(6-2)20-11-14(10-17(20)21)18(22)19-15-8-7-12(3)13(4)9-15/h7-9,14,16H,5-6,10-11H2,1-4H3,(H,19,22). The van der Waals surface area contributed by atoms with Crippen LogP contribution in [0.4, 0.5) is 5.69 Å². The lowest BCUT2D eigenvalue weighted by Gasteiger charge is -2.26. The van der Waals surface area contributed by atoms with Crippen molar-refractivity contribution in [2.24, 2.45) is 5.92 Å². The SMILES string of the molecule is CCC(CC)N1CC(C(=O)Nc2ccc(C)c(C)c2)CC1=O. The van der Waals surface area contributed by atoms with E-state index >= 15 is 0 Å². The molecule has 1 aliphatic heterocycles. The van der Waals surface area contributed by atoms with Gasteiger partial charge in [-0.25, -0.2) is 0 Å². The molecule has 1 fully saturated rings. The Hall–Kier alpha value is -1.84. The van der Waals surface area contributed by atoms with Crippen LogP contribution in [0.5, 0.6) is 0 Å². The first kappa shape index (κ1) is 16.5. The molecule has 1 aromatic rings. The molecule has 1 saturated heterocycles. The third-order valence-corrected chi connectivity index (χ3v) is 4.69. The van der Waals surface area contributed by atoms with E-state index in [9.17, 15) is 9.59 Å². The van der Waals surface area contributed by atoms with Crippen LogP contribution in [-0.2, 0) is 9.59 Å². The lowest BCUT2D eigenvalue weighted by Crippen LogP contribution is -2.36. The normalized spacial score (nSPS) is 18.1. The summed E-state index contributed by atoms with van der Waals surface area (Å²) < 4.78 is 0. The van der Waals surface area contributed by atoms with Crippen LogP contribution in [0.2, 0.25) is 0 Å². The first-order valence-electron chi connectivity index (χ1n) is 8.13. The molecular formula is C18H26N2O2. The summed E-state index contributed by atoms with van der Waals surface area (Å²) in [7, 11) is 0. The van der Waals surface area contributed by atoms with Gasteiger partial charge in [-0.2, -0.15) is 0 Å². The van der Waals surface area contributed by atoms with Crippen LogP contribution in [0, 0.1) is 19.8 Å². The van der Waals surface area contributed by atoms with Crippen molar-refractivity contribution in [3.05, 3.63) is 29.3 Å². The van der Waals surface area contributed by atoms with Gasteiger partial charge in [-0.15, -0.1) is 0 Å².